The second-order valence-electron chi connectivity index (χ2n) is 5.28. The van der Waals surface area contributed by atoms with Crippen molar-refractivity contribution in [2.24, 2.45) is 7.05 Å². The summed E-state index contributed by atoms with van der Waals surface area (Å²) in [5, 5.41) is 7.49. The lowest BCUT2D eigenvalue weighted by Crippen LogP contribution is -2.23. The van der Waals surface area contributed by atoms with Gasteiger partial charge in [0.15, 0.2) is 0 Å². The summed E-state index contributed by atoms with van der Waals surface area (Å²) in [4.78, 5) is 10.9. The molecule has 0 aliphatic heterocycles. The smallest absolute Gasteiger partial charge is 0.147 e. The van der Waals surface area contributed by atoms with Crippen LogP contribution in [0.4, 0.5) is 5.82 Å². The number of rotatable bonds is 6. The summed E-state index contributed by atoms with van der Waals surface area (Å²) >= 11 is 0. The molecule has 2 aromatic rings. The minimum atomic E-state index is 0.449. The molecule has 0 fully saturated rings. The van der Waals surface area contributed by atoms with Gasteiger partial charge in [-0.1, -0.05) is 13.8 Å². The Balaban J connectivity index is 1.94. The van der Waals surface area contributed by atoms with Crippen molar-refractivity contribution in [3.8, 4) is 0 Å². The maximum absolute atomic E-state index is 4.46. The molecule has 0 aliphatic rings. The van der Waals surface area contributed by atoms with E-state index in [2.05, 4.69) is 39.1 Å². The average Bonchev–Trinajstić information content (AvgIpc) is 2.82. The van der Waals surface area contributed by atoms with Gasteiger partial charge in [0.1, 0.15) is 5.82 Å². The molecule has 0 unspecified atom stereocenters. The van der Waals surface area contributed by atoms with Crippen molar-refractivity contribution in [3.05, 3.63) is 36.0 Å². The average molecular weight is 274 g/mol. The van der Waals surface area contributed by atoms with Gasteiger partial charge in [0.05, 0.1) is 24.3 Å². The van der Waals surface area contributed by atoms with E-state index in [0.29, 0.717) is 6.04 Å². The standard InChI is InChI=1S/C14H22N6/c1-11(2)15-6-13-7-17-14(8-16-13)19(3)9-12-5-18-20(4)10-12/h5,7-8,10-11,15H,6,9H2,1-4H3. The van der Waals surface area contributed by atoms with Gasteiger partial charge in [-0.15, -0.1) is 0 Å². The van der Waals surface area contributed by atoms with E-state index in [9.17, 15) is 0 Å². The van der Waals surface area contributed by atoms with Crippen LogP contribution in [0.3, 0.4) is 0 Å². The summed E-state index contributed by atoms with van der Waals surface area (Å²) in [6.45, 7) is 5.75. The number of aryl methyl sites for hydroxylation is 1. The first-order chi connectivity index (χ1) is 9.54. The molecule has 20 heavy (non-hydrogen) atoms. The third kappa shape index (κ3) is 4.03. The van der Waals surface area contributed by atoms with Crippen molar-refractivity contribution >= 4 is 5.82 Å². The minimum Gasteiger partial charge on any atom is -0.354 e. The van der Waals surface area contributed by atoms with Crippen molar-refractivity contribution in [1.29, 1.82) is 0 Å². The number of nitrogens with one attached hydrogen (secondary N) is 1. The van der Waals surface area contributed by atoms with E-state index < -0.39 is 0 Å². The van der Waals surface area contributed by atoms with Crippen molar-refractivity contribution in [2.75, 3.05) is 11.9 Å². The normalized spacial score (nSPS) is 11.1. The lowest BCUT2D eigenvalue weighted by molar-refractivity contribution is 0.580. The number of hydrogen-bond donors (Lipinski definition) is 1. The number of anilines is 1. The van der Waals surface area contributed by atoms with Crippen LogP contribution in [0.25, 0.3) is 0 Å². The summed E-state index contributed by atoms with van der Waals surface area (Å²) in [5.74, 6) is 0.863. The predicted molar refractivity (Wildman–Crippen MR) is 79.3 cm³/mol. The summed E-state index contributed by atoms with van der Waals surface area (Å²) in [6, 6.07) is 0.449. The maximum Gasteiger partial charge on any atom is 0.147 e. The van der Waals surface area contributed by atoms with Gasteiger partial charge in [-0.05, 0) is 0 Å². The number of nitrogens with zero attached hydrogens (tertiary/aromatic N) is 5. The van der Waals surface area contributed by atoms with Gasteiger partial charge in [-0.25, -0.2) is 4.98 Å². The highest BCUT2D eigenvalue weighted by atomic mass is 15.2. The minimum absolute atomic E-state index is 0.449. The van der Waals surface area contributed by atoms with E-state index in [1.807, 2.05) is 38.9 Å². The molecule has 0 radical (unpaired) electrons. The van der Waals surface area contributed by atoms with Crippen LogP contribution in [0.5, 0.6) is 0 Å². The first-order valence-corrected chi connectivity index (χ1v) is 6.77. The molecule has 6 nitrogen and oxygen atoms in total. The van der Waals surface area contributed by atoms with Gasteiger partial charge in [-0.2, -0.15) is 5.10 Å². The Bertz CT molecular complexity index is 531. The zero-order chi connectivity index (χ0) is 14.5. The molecule has 0 saturated carbocycles. The Morgan fingerprint density at radius 1 is 1.25 bits per heavy atom. The Hall–Kier alpha value is -1.95. The summed E-state index contributed by atoms with van der Waals surface area (Å²) < 4.78 is 1.80. The molecule has 0 saturated heterocycles. The number of aromatic nitrogens is 4. The second kappa shape index (κ2) is 6.47. The van der Waals surface area contributed by atoms with Crippen molar-refractivity contribution in [2.45, 2.75) is 33.0 Å². The molecule has 0 amide bonds. The van der Waals surface area contributed by atoms with Crippen LogP contribution in [0.2, 0.25) is 0 Å². The highest BCUT2D eigenvalue weighted by Gasteiger charge is 2.06. The van der Waals surface area contributed by atoms with Gasteiger partial charge < -0.3 is 10.2 Å². The SMILES string of the molecule is CC(C)NCc1cnc(N(C)Cc2cnn(C)c2)cn1. The third-order valence-electron chi connectivity index (χ3n) is 2.95. The van der Waals surface area contributed by atoms with E-state index in [0.717, 1.165) is 30.2 Å². The van der Waals surface area contributed by atoms with E-state index in [-0.39, 0.29) is 0 Å². The van der Waals surface area contributed by atoms with Gasteiger partial charge >= 0.3 is 0 Å². The van der Waals surface area contributed by atoms with Crippen LogP contribution in [-0.2, 0) is 20.1 Å². The maximum atomic E-state index is 4.46. The molecule has 0 bridgehead atoms. The van der Waals surface area contributed by atoms with Crippen LogP contribution in [0.1, 0.15) is 25.1 Å². The summed E-state index contributed by atoms with van der Waals surface area (Å²) in [7, 11) is 3.92. The van der Waals surface area contributed by atoms with Crippen molar-refractivity contribution < 1.29 is 0 Å². The van der Waals surface area contributed by atoms with Crippen LogP contribution in [0, 0.1) is 0 Å². The molecule has 1 N–H and O–H groups in total. The predicted octanol–water partition coefficient (Wildman–Crippen LogP) is 1.34. The zero-order valence-corrected chi connectivity index (χ0v) is 12.5. The van der Waals surface area contributed by atoms with Crippen molar-refractivity contribution in [1.82, 2.24) is 25.1 Å². The second-order valence-corrected chi connectivity index (χ2v) is 5.28. The van der Waals surface area contributed by atoms with E-state index in [1.54, 1.807) is 4.68 Å². The molecule has 2 rings (SSSR count). The van der Waals surface area contributed by atoms with Gasteiger partial charge in [-0.3, -0.25) is 9.67 Å². The van der Waals surface area contributed by atoms with Crippen LogP contribution < -0.4 is 10.2 Å². The molecule has 0 aromatic carbocycles. The highest BCUT2D eigenvalue weighted by Crippen LogP contribution is 2.11. The molecule has 6 heteroatoms. The van der Waals surface area contributed by atoms with Crippen LogP contribution in [0.15, 0.2) is 24.8 Å². The molecular weight excluding hydrogens is 252 g/mol. The first-order valence-electron chi connectivity index (χ1n) is 6.77. The fourth-order valence-electron chi connectivity index (χ4n) is 1.85. The topological polar surface area (TPSA) is 58.9 Å². The lowest BCUT2D eigenvalue weighted by Gasteiger charge is -2.17. The summed E-state index contributed by atoms with van der Waals surface area (Å²) in [6.07, 6.45) is 7.51. The monoisotopic (exact) mass is 274 g/mol. The lowest BCUT2D eigenvalue weighted by atomic mass is 10.3. The molecule has 0 spiro atoms. The zero-order valence-electron chi connectivity index (χ0n) is 12.5. The van der Waals surface area contributed by atoms with Gasteiger partial charge in [0, 0.05) is 45.0 Å². The Labute approximate surface area is 119 Å². The fourth-order valence-corrected chi connectivity index (χ4v) is 1.85. The van der Waals surface area contributed by atoms with E-state index >= 15 is 0 Å². The Morgan fingerprint density at radius 2 is 2.05 bits per heavy atom. The first kappa shape index (κ1) is 14.5. The van der Waals surface area contributed by atoms with Gasteiger partial charge in [0.25, 0.3) is 0 Å². The van der Waals surface area contributed by atoms with E-state index in [1.165, 1.54) is 0 Å². The quantitative estimate of drug-likeness (QED) is 0.861. The van der Waals surface area contributed by atoms with Crippen LogP contribution >= 0.6 is 0 Å². The van der Waals surface area contributed by atoms with E-state index in [4.69, 9.17) is 0 Å². The molecule has 108 valence electrons. The molecule has 0 atom stereocenters. The van der Waals surface area contributed by atoms with Crippen LogP contribution in [-0.4, -0.2) is 32.8 Å². The number of hydrogen-bond acceptors (Lipinski definition) is 5. The third-order valence-corrected chi connectivity index (χ3v) is 2.95. The molecule has 2 heterocycles. The molecule has 2 aromatic heterocycles. The largest absolute Gasteiger partial charge is 0.354 e. The highest BCUT2D eigenvalue weighted by molar-refractivity contribution is 5.35. The molecule has 0 aliphatic carbocycles. The van der Waals surface area contributed by atoms with Crippen molar-refractivity contribution in [3.63, 3.8) is 0 Å². The van der Waals surface area contributed by atoms with Gasteiger partial charge in [0.2, 0.25) is 0 Å². The fraction of sp³-hybridized carbons (Fsp3) is 0.500. The Kier molecular flexibility index (Phi) is 4.68. The summed E-state index contributed by atoms with van der Waals surface area (Å²) in [5.41, 5.74) is 2.11. The molecular formula is C14H22N6. The Morgan fingerprint density at radius 3 is 2.60 bits per heavy atom.